The van der Waals surface area contributed by atoms with E-state index in [0.29, 0.717) is 19.3 Å². The molecular weight excluding hydrogens is 276 g/mol. The van der Waals surface area contributed by atoms with Crippen LogP contribution < -0.4 is 0 Å². The number of sulfone groups is 1. The molecule has 1 N–H and O–H groups in total. The van der Waals surface area contributed by atoms with Gasteiger partial charge in [0.1, 0.15) is 0 Å². The van der Waals surface area contributed by atoms with Crippen molar-refractivity contribution in [3.8, 4) is 0 Å². The average molecular weight is 296 g/mol. The molecule has 0 atom stereocenters. The second-order valence-electron chi connectivity index (χ2n) is 5.41. The monoisotopic (exact) mass is 296 g/mol. The lowest BCUT2D eigenvalue weighted by Crippen LogP contribution is -2.49. The average Bonchev–Trinajstić information content (AvgIpc) is 2.47. The Morgan fingerprint density at radius 3 is 2.25 bits per heavy atom. The van der Waals surface area contributed by atoms with E-state index in [2.05, 4.69) is 0 Å². The highest BCUT2D eigenvalue weighted by molar-refractivity contribution is 7.93. The Morgan fingerprint density at radius 1 is 1.10 bits per heavy atom. The molecule has 1 fully saturated rings. The topological polar surface area (TPSA) is 71.4 Å². The van der Waals surface area contributed by atoms with Gasteiger partial charge in [-0.3, -0.25) is 4.79 Å². The summed E-state index contributed by atoms with van der Waals surface area (Å²) in [6.45, 7) is 0. The van der Waals surface area contributed by atoms with Gasteiger partial charge < -0.3 is 5.11 Å². The summed E-state index contributed by atoms with van der Waals surface area (Å²) in [6.07, 6.45) is 3.15. The van der Waals surface area contributed by atoms with Crippen molar-refractivity contribution >= 4 is 15.8 Å². The predicted octanol–water partition coefficient (Wildman–Crippen LogP) is 2.43. The Kier molecular flexibility index (Phi) is 4.48. The van der Waals surface area contributed by atoms with Gasteiger partial charge in [-0.05, 0) is 24.8 Å². The van der Waals surface area contributed by atoms with E-state index in [-0.39, 0.29) is 18.6 Å². The Balaban J connectivity index is 2.17. The predicted molar refractivity (Wildman–Crippen MR) is 77.4 cm³/mol. The fourth-order valence-electron chi connectivity index (χ4n) is 2.87. The number of hydrogen-bond donors (Lipinski definition) is 1. The van der Waals surface area contributed by atoms with Crippen molar-refractivity contribution in [1.82, 2.24) is 0 Å². The molecule has 110 valence electrons. The highest BCUT2D eigenvalue weighted by Crippen LogP contribution is 2.36. The Hall–Kier alpha value is -1.36. The maximum Gasteiger partial charge on any atom is 0.325 e. The van der Waals surface area contributed by atoms with Crippen LogP contribution in [0, 0.1) is 0 Å². The first-order valence-electron chi connectivity index (χ1n) is 6.98. The van der Waals surface area contributed by atoms with E-state index in [1.165, 1.54) is 0 Å². The minimum absolute atomic E-state index is 0.0939. The van der Waals surface area contributed by atoms with Crippen molar-refractivity contribution in [2.75, 3.05) is 5.75 Å². The van der Waals surface area contributed by atoms with E-state index < -0.39 is 20.6 Å². The zero-order chi connectivity index (χ0) is 14.6. The fraction of sp³-hybridized carbons (Fsp3) is 0.533. The zero-order valence-electron chi connectivity index (χ0n) is 11.4. The standard InChI is InChI=1S/C15H20O4S/c16-14(17)15(10-5-2-6-11-15)20(18,19)12-9-13-7-3-1-4-8-13/h1,3-4,7-8H,2,5-6,9-12H2,(H,16,17). The molecule has 5 heteroatoms. The van der Waals surface area contributed by atoms with Gasteiger partial charge in [-0.25, -0.2) is 8.42 Å². The summed E-state index contributed by atoms with van der Waals surface area (Å²) in [7, 11) is -3.64. The van der Waals surface area contributed by atoms with Gasteiger partial charge in [-0.1, -0.05) is 49.6 Å². The highest BCUT2D eigenvalue weighted by Gasteiger charge is 2.50. The zero-order valence-corrected chi connectivity index (χ0v) is 12.2. The van der Waals surface area contributed by atoms with Crippen LogP contribution in [0.4, 0.5) is 0 Å². The van der Waals surface area contributed by atoms with E-state index in [1.54, 1.807) is 0 Å². The SMILES string of the molecule is O=C(O)C1(S(=O)(=O)CCc2ccccc2)CCCCC1. The minimum Gasteiger partial charge on any atom is -0.480 e. The maximum atomic E-state index is 12.5. The molecule has 0 heterocycles. The van der Waals surface area contributed by atoms with Crippen LogP contribution in [0.25, 0.3) is 0 Å². The number of rotatable bonds is 5. The van der Waals surface area contributed by atoms with Crippen LogP contribution in [0.1, 0.15) is 37.7 Å². The Morgan fingerprint density at radius 2 is 1.70 bits per heavy atom. The summed E-state index contributed by atoms with van der Waals surface area (Å²) in [5, 5.41) is 9.44. The van der Waals surface area contributed by atoms with E-state index in [4.69, 9.17) is 0 Å². The van der Waals surface area contributed by atoms with Crippen LogP contribution in [-0.2, 0) is 21.1 Å². The second-order valence-corrected chi connectivity index (χ2v) is 7.83. The first kappa shape index (κ1) is 15.0. The molecule has 1 saturated carbocycles. The third-order valence-electron chi connectivity index (χ3n) is 4.15. The van der Waals surface area contributed by atoms with Crippen molar-refractivity contribution in [2.45, 2.75) is 43.3 Å². The molecule has 0 saturated heterocycles. The lowest BCUT2D eigenvalue weighted by molar-refractivity contribution is -0.141. The van der Waals surface area contributed by atoms with E-state index in [9.17, 15) is 18.3 Å². The molecule has 0 amide bonds. The van der Waals surface area contributed by atoms with Crippen LogP contribution in [0.3, 0.4) is 0 Å². The Labute approximate surface area is 119 Å². The van der Waals surface area contributed by atoms with E-state index in [0.717, 1.165) is 12.0 Å². The molecule has 0 unspecified atom stereocenters. The molecule has 2 rings (SSSR count). The summed E-state index contributed by atoms with van der Waals surface area (Å²) < 4.78 is 23.5. The van der Waals surface area contributed by atoms with Crippen molar-refractivity contribution in [3.05, 3.63) is 35.9 Å². The number of carboxylic acids is 1. The Bertz CT molecular complexity index is 557. The third-order valence-corrected chi connectivity index (χ3v) is 6.66. The normalized spacial score (nSPS) is 18.6. The lowest BCUT2D eigenvalue weighted by Gasteiger charge is -2.32. The van der Waals surface area contributed by atoms with Gasteiger partial charge in [0.25, 0.3) is 0 Å². The van der Waals surface area contributed by atoms with E-state index >= 15 is 0 Å². The van der Waals surface area contributed by atoms with Gasteiger partial charge >= 0.3 is 5.97 Å². The maximum absolute atomic E-state index is 12.5. The number of hydrogen-bond acceptors (Lipinski definition) is 3. The first-order valence-corrected chi connectivity index (χ1v) is 8.63. The van der Waals surface area contributed by atoms with Crippen LogP contribution in [0.15, 0.2) is 30.3 Å². The van der Waals surface area contributed by atoms with Gasteiger partial charge in [0.15, 0.2) is 14.6 Å². The van der Waals surface area contributed by atoms with Gasteiger partial charge in [-0.2, -0.15) is 0 Å². The second kappa shape index (κ2) is 5.95. The van der Waals surface area contributed by atoms with Gasteiger partial charge in [0.2, 0.25) is 0 Å². The van der Waals surface area contributed by atoms with Gasteiger partial charge in [0.05, 0.1) is 5.75 Å². The summed E-state index contributed by atoms with van der Waals surface area (Å²) in [5.74, 6) is -1.27. The molecule has 0 aromatic heterocycles. The fourth-order valence-corrected chi connectivity index (χ4v) is 4.94. The largest absolute Gasteiger partial charge is 0.480 e. The first-order chi connectivity index (χ1) is 9.48. The number of aryl methyl sites for hydroxylation is 1. The smallest absolute Gasteiger partial charge is 0.325 e. The number of benzene rings is 1. The van der Waals surface area contributed by atoms with E-state index in [1.807, 2.05) is 30.3 Å². The molecule has 0 spiro atoms. The van der Waals surface area contributed by atoms with Crippen LogP contribution in [-0.4, -0.2) is 30.0 Å². The molecule has 1 aromatic carbocycles. The third kappa shape index (κ3) is 2.87. The molecule has 1 aliphatic carbocycles. The quantitative estimate of drug-likeness (QED) is 0.906. The highest BCUT2D eigenvalue weighted by atomic mass is 32.2. The molecule has 4 nitrogen and oxygen atoms in total. The summed E-state index contributed by atoms with van der Waals surface area (Å²) in [6, 6.07) is 9.32. The number of carboxylic acid groups (broad SMARTS) is 1. The number of carbonyl (C=O) groups is 1. The molecule has 1 aromatic rings. The van der Waals surface area contributed by atoms with Crippen molar-refractivity contribution < 1.29 is 18.3 Å². The molecule has 0 radical (unpaired) electrons. The lowest BCUT2D eigenvalue weighted by atomic mass is 9.88. The van der Waals surface area contributed by atoms with Crippen molar-refractivity contribution in [1.29, 1.82) is 0 Å². The molecule has 0 aliphatic heterocycles. The van der Waals surface area contributed by atoms with Crippen molar-refractivity contribution in [2.24, 2.45) is 0 Å². The summed E-state index contributed by atoms with van der Waals surface area (Å²) in [5.41, 5.74) is 0.924. The van der Waals surface area contributed by atoms with Gasteiger partial charge in [0, 0.05) is 0 Å². The molecule has 0 bridgehead atoms. The molecule has 20 heavy (non-hydrogen) atoms. The minimum atomic E-state index is -3.64. The summed E-state index contributed by atoms with van der Waals surface area (Å²) in [4.78, 5) is 11.6. The molecular formula is C15H20O4S. The van der Waals surface area contributed by atoms with Crippen molar-refractivity contribution in [3.63, 3.8) is 0 Å². The molecule has 1 aliphatic rings. The van der Waals surface area contributed by atoms with Crippen LogP contribution >= 0.6 is 0 Å². The summed E-state index contributed by atoms with van der Waals surface area (Å²) >= 11 is 0. The van der Waals surface area contributed by atoms with Crippen LogP contribution in [0.2, 0.25) is 0 Å². The van der Waals surface area contributed by atoms with Gasteiger partial charge in [-0.15, -0.1) is 0 Å². The number of aliphatic carboxylic acids is 1. The van der Waals surface area contributed by atoms with Crippen LogP contribution in [0.5, 0.6) is 0 Å².